The Balaban J connectivity index is 2.55. The van der Waals surface area contributed by atoms with Crippen molar-refractivity contribution in [3.63, 3.8) is 0 Å². The van der Waals surface area contributed by atoms with Gasteiger partial charge in [-0.2, -0.15) is 0 Å². The third kappa shape index (κ3) is 4.38. The van der Waals surface area contributed by atoms with Gasteiger partial charge in [-0.25, -0.2) is 0 Å². The molecule has 1 atom stereocenters. The summed E-state index contributed by atoms with van der Waals surface area (Å²) in [5.74, 6) is 0. The average molecular weight is 238 g/mol. The molecular weight excluding hydrogens is 218 g/mol. The highest BCUT2D eigenvalue weighted by Gasteiger charge is 2.04. The topological polar surface area (TPSA) is 12.0 Å². The molecule has 1 N–H and O–H groups in total. The minimum atomic E-state index is 0.311. The summed E-state index contributed by atoms with van der Waals surface area (Å²) < 4.78 is 0. The standard InChI is InChI=1S/C14H20ClN/c1-4-5-13-6-8-14(9-7-13)12(3)16-10-11(2)15/h6-9,12,16H,2,4-5,10H2,1,3H3. The lowest BCUT2D eigenvalue weighted by Crippen LogP contribution is -2.19. The van der Waals surface area contributed by atoms with Gasteiger partial charge >= 0.3 is 0 Å². The summed E-state index contributed by atoms with van der Waals surface area (Å²) in [5.41, 5.74) is 2.69. The second-order valence-electron chi connectivity index (χ2n) is 4.11. The maximum absolute atomic E-state index is 5.72. The van der Waals surface area contributed by atoms with Crippen molar-refractivity contribution in [2.75, 3.05) is 6.54 Å². The fourth-order valence-electron chi connectivity index (χ4n) is 1.64. The number of hydrogen-bond donors (Lipinski definition) is 1. The Kier molecular flexibility index (Phi) is 5.58. The lowest BCUT2D eigenvalue weighted by atomic mass is 10.0. The molecule has 1 aromatic carbocycles. The Morgan fingerprint density at radius 1 is 1.38 bits per heavy atom. The van der Waals surface area contributed by atoms with Gasteiger partial charge in [-0.15, -0.1) is 0 Å². The summed E-state index contributed by atoms with van der Waals surface area (Å²) in [6.07, 6.45) is 2.35. The van der Waals surface area contributed by atoms with Crippen LogP contribution < -0.4 is 5.32 Å². The van der Waals surface area contributed by atoms with E-state index in [1.54, 1.807) is 0 Å². The fourth-order valence-corrected chi connectivity index (χ4v) is 1.72. The van der Waals surface area contributed by atoms with Crippen LogP contribution >= 0.6 is 11.6 Å². The molecule has 0 aromatic heterocycles. The highest BCUT2D eigenvalue weighted by atomic mass is 35.5. The van der Waals surface area contributed by atoms with Gasteiger partial charge in [0.25, 0.3) is 0 Å². The molecule has 1 rings (SSSR count). The number of aryl methyl sites for hydroxylation is 1. The maximum Gasteiger partial charge on any atom is 0.0313 e. The van der Waals surface area contributed by atoms with Gasteiger partial charge in [-0.3, -0.25) is 0 Å². The summed E-state index contributed by atoms with van der Waals surface area (Å²) in [5, 5.41) is 3.97. The van der Waals surface area contributed by atoms with Crippen molar-refractivity contribution in [2.24, 2.45) is 0 Å². The third-order valence-corrected chi connectivity index (χ3v) is 2.75. The zero-order valence-electron chi connectivity index (χ0n) is 10.1. The van der Waals surface area contributed by atoms with Gasteiger partial charge in [-0.05, 0) is 24.5 Å². The zero-order chi connectivity index (χ0) is 12.0. The minimum Gasteiger partial charge on any atom is -0.305 e. The number of rotatable bonds is 6. The normalized spacial score (nSPS) is 12.4. The second kappa shape index (κ2) is 6.72. The van der Waals surface area contributed by atoms with Crippen molar-refractivity contribution in [1.29, 1.82) is 0 Å². The van der Waals surface area contributed by atoms with Crippen LogP contribution in [0.5, 0.6) is 0 Å². The number of benzene rings is 1. The summed E-state index contributed by atoms with van der Waals surface area (Å²) in [7, 11) is 0. The van der Waals surface area contributed by atoms with Crippen LogP contribution in [0.2, 0.25) is 0 Å². The highest BCUT2D eigenvalue weighted by molar-refractivity contribution is 6.29. The monoisotopic (exact) mass is 237 g/mol. The van der Waals surface area contributed by atoms with Crippen LogP contribution in [0.3, 0.4) is 0 Å². The van der Waals surface area contributed by atoms with Crippen LogP contribution in [0.4, 0.5) is 0 Å². The number of hydrogen-bond acceptors (Lipinski definition) is 1. The van der Waals surface area contributed by atoms with E-state index in [2.05, 4.69) is 50.0 Å². The van der Waals surface area contributed by atoms with E-state index in [1.165, 1.54) is 17.5 Å². The first-order valence-electron chi connectivity index (χ1n) is 5.79. The predicted molar refractivity (Wildman–Crippen MR) is 71.8 cm³/mol. The van der Waals surface area contributed by atoms with E-state index in [4.69, 9.17) is 11.6 Å². The summed E-state index contributed by atoms with van der Waals surface area (Å²) >= 11 is 5.72. The van der Waals surface area contributed by atoms with Gasteiger partial charge in [0.2, 0.25) is 0 Å². The van der Waals surface area contributed by atoms with Crippen molar-refractivity contribution in [3.05, 3.63) is 47.0 Å². The molecule has 1 unspecified atom stereocenters. The Morgan fingerprint density at radius 2 is 2.00 bits per heavy atom. The fraction of sp³-hybridized carbons (Fsp3) is 0.429. The molecule has 0 aliphatic carbocycles. The highest BCUT2D eigenvalue weighted by Crippen LogP contribution is 2.14. The van der Waals surface area contributed by atoms with E-state index in [0.29, 0.717) is 17.6 Å². The van der Waals surface area contributed by atoms with E-state index < -0.39 is 0 Å². The van der Waals surface area contributed by atoms with E-state index in [-0.39, 0.29) is 0 Å². The first-order chi connectivity index (χ1) is 7.63. The quantitative estimate of drug-likeness (QED) is 0.788. The predicted octanol–water partition coefficient (Wildman–Crippen LogP) is 4.04. The van der Waals surface area contributed by atoms with Crippen LogP contribution in [0, 0.1) is 0 Å². The van der Waals surface area contributed by atoms with Gasteiger partial charge in [0.15, 0.2) is 0 Å². The molecule has 0 aliphatic heterocycles. The Hall–Kier alpha value is -0.790. The van der Waals surface area contributed by atoms with Gasteiger partial charge in [0.05, 0.1) is 0 Å². The molecule has 0 spiro atoms. The molecule has 1 aromatic rings. The molecule has 0 amide bonds. The zero-order valence-corrected chi connectivity index (χ0v) is 10.8. The molecule has 0 aliphatic rings. The SMILES string of the molecule is C=C(Cl)CNC(C)c1ccc(CCC)cc1. The minimum absolute atomic E-state index is 0.311. The second-order valence-corrected chi connectivity index (χ2v) is 4.65. The lowest BCUT2D eigenvalue weighted by Gasteiger charge is -2.14. The summed E-state index contributed by atoms with van der Waals surface area (Å²) in [6.45, 7) is 8.65. The molecule has 0 saturated heterocycles. The van der Waals surface area contributed by atoms with Crippen molar-refractivity contribution in [2.45, 2.75) is 32.7 Å². The lowest BCUT2D eigenvalue weighted by molar-refractivity contribution is 0.614. The van der Waals surface area contributed by atoms with Crippen LogP contribution in [0.25, 0.3) is 0 Å². The molecule has 0 saturated carbocycles. The van der Waals surface area contributed by atoms with Gasteiger partial charge < -0.3 is 5.32 Å². The maximum atomic E-state index is 5.72. The Bertz CT molecular complexity index is 329. The molecule has 0 radical (unpaired) electrons. The van der Waals surface area contributed by atoms with Crippen molar-refractivity contribution in [3.8, 4) is 0 Å². The van der Waals surface area contributed by atoms with Gasteiger partial charge in [-0.1, -0.05) is 55.8 Å². The molecule has 0 fully saturated rings. The Morgan fingerprint density at radius 3 is 2.50 bits per heavy atom. The number of nitrogens with one attached hydrogen (secondary N) is 1. The molecule has 1 nitrogen and oxygen atoms in total. The third-order valence-electron chi connectivity index (χ3n) is 2.62. The van der Waals surface area contributed by atoms with E-state index in [0.717, 1.165) is 6.42 Å². The summed E-state index contributed by atoms with van der Waals surface area (Å²) in [6, 6.07) is 9.07. The molecular formula is C14H20ClN. The molecule has 88 valence electrons. The smallest absolute Gasteiger partial charge is 0.0313 e. The molecule has 2 heteroatoms. The average Bonchev–Trinajstić information content (AvgIpc) is 2.27. The van der Waals surface area contributed by atoms with E-state index in [9.17, 15) is 0 Å². The van der Waals surface area contributed by atoms with E-state index >= 15 is 0 Å². The van der Waals surface area contributed by atoms with Crippen LogP contribution in [-0.2, 0) is 6.42 Å². The van der Waals surface area contributed by atoms with Gasteiger partial charge in [0.1, 0.15) is 0 Å². The molecule has 16 heavy (non-hydrogen) atoms. The largest absolute Gasteiger partial charge is 0.305 e. The van der Waals surface area contributed by atoms with Crippen LogP contribution in [0.1, 0.15) is 37.4 Å². The van der Waals surface area contributed by atoms with Crippen molar-refractivity contribution >= 4 is 11.6 Å². The van der Waals surface area contributed by atoms with E-state index in [1.807, 2.05) is 0 Å². The van der Waals surface area contributed by atoms with Crippen molar-refractivity contribution in [1.82, 2.24) is 5.32 Å². The van der Waals surface area contributed by atoms with Crippen LogP contribution in [0.15, 0.2) is 35.9 Å². The first kappa shape index (κ1) is 13.3. The number of halogens is 1. The van der Waals surface area contributed by atoms with Crippen molar-refractivity contribution < 1.29 is 0 Å². The van der Waals surface area contributed by atoms with Gasteiger partial charge in [0, 0.05) is 17.6 Å². The van der Waals surface area contributed by atoms with Crippen LogP contribution in [-0.4, -0.2) is 6.54 Å². The molecule has 0 bridgehead atoms. The summed E-state index contributed by atoms with van der Waals surface area (Å²) in [4.78, 5) is 0. The Labute approximate surface area is 104 Å². The molecule has 0 heterocycles. The first-order valence-corrected chi connectivity index (χ1v) is 6.16.